The van der Waals surface area contributed by atoms with Crippen LogP contribution < -0.4 is 5.32 Å². The Morgan fingerprint density at radius 2 is 1.88 bits per heavy atom. The van der Waals surface area contributed by atoms with Gasteiger partial charge in [-0.05, 0) is 35.9 Å². The maximum absolute atomic E-state index is 13.4. The third kappa shape index (κ3) is 4.72. The molecule has 0 spiro atoms. The van der Waals surface area contributed by atoms with Gasteiger partial charge in [-0.1, -0.05) is 24.3 Å². The molecule has 3 aromatic heterocycles. The van der Waals surface area contributed by atoms with Crippen LogP contribution in [0.15, 0.2) is 53.2 Å². The number of benzene rings is 1. The summed E-state index contributed by atoms with van der Waals surface area (Å²) in [5.74, 6) is -0.472. The Hall–Kier alpha value is -3.14. The van der Waals surface area contributed by atoms with Crippen molar-refractivity contribution >= 4 is 51.3 Å². The maximum Gasteiger partial charge on any atom is 0.350 e. The number of carbonyl (C=O) groups excluding carboxylic acids is 2. The van der Waals surface area contributed by atoms with E-state index in [4.69, 9.17) is 9.47 Å². The molecule has 1 aromatic carbocycles. The summed E-state index contributed by atoms with van der Waals surface area (Å²) in [7, 11) is 2.94. The zero-order chi connectivity index (χ0) is 24.1. The number of amides is 2. The summed E-state index contributed by atoms with van der Waals surface area (Å²) >= 11 is 2.92. The predicted octanol–water partition coefficient (Wildman–Crippen LogP) is 5.92. The fourth-order valence-electron chi connectivity index (χ4n) is 4.06. The van der Waals surface area contributed by atoms with Gasteiger partial charge in [0.2, 0.25) is 0 Å². The van der Waals surface area contributed by atoms with Crippen molar-refractivity contribution in [2.45, 2.75) is 20.0 Å². The molecule has 0 fully saturated rings. The van der Waals surface area contributed by atoms with E-state index in [-0.39, 0.29) is 6.03 Å². The van der Waals surface area contributed by atoms with Crippen molar-refractivity contribution in [2.75, 3.05) is 32.7 Å². The van der Waals surface area contributed by atoms with Crippen LogP contribution in [0.4, 0.5) is 10.5 Å². The molecule has 0 saturated carbocycles. The lowest BCUT2D eigenvalue weighted by atomic mass is 10.1. The minimum absolute atomic E-state index is 0.300. The normalized spacial score (nSPS) is 11.0. The number of aromatic nitrogens is 1. The lowest BCUT2D eigenvalue weighted by Crippen LogP contribution is -2.37. The van der Waals surface area contributed by atoms with E-state index < -0.39 is 5.97 Å². The number of rotatable bonds is 9. The van der Waals surface area contributed by atoms with Gasteiger partial charge in [0.25, 0.3) is 0 Å². The number of esters is 1. The number of methoxy groups -OCH3 is 2. The first-order valence-electron chi connectivity index (χ1n) is 10.9. The molecule has 0 unspecified atom stereocenters. The highest BCUT2D eigenvalue weighted by molar-refractivity contribution is 7.13. The van der Waals surface area contributed by atoms with Crippen molar-refractivity contribution in [3.63, 3.8) is 0 Å². The Morgan fingerprint density at radius 3 is 2.59 bits per heavy atom. The summed E-state index contributed by atoms with van der Waals surface area (Å²) in [5.41, 5.74) is 3.80. The SMILES string of the molecule is CCn1c(-c2cccs2)c(CN(CCOC)C(=O)Nc2ccsc2C(=O)OC)c2ccccc21. The van der Waals surface area contributed by atoms with E-state index in [2.05, 4.69) is 40.4 Å². The van der Waals surface area contributed by atoms with Crippen molar-refractivity contribution in [3.05, 3.63) is 63.7 Å². The minimum Gasteiger partial charge on any atom is -0.465 e. The zero-order valence-corrected chi connectivity index (χ0v) is 21.0. The van der Waals surface area contributed by atoms with Gasteiger partial charge in [-0.25, -0.2) is 9.59 Å². The number of carbonyl (C=O) groups is 2. The number of para-hydroxylation sites is 1. The standard InChI is InChI=1S/C25H27N3O4S2/c1-4-28-20-9-6-5-8-17(20)18(22(28)21-10-7-14-33-21)16-27(12-13-31-2)25(30)26-19-11-15-34-23(19)24(29)32-3/h5-11,14-15H,4,12-13,16H2,1-3H3,(H,26,30). The highest BCUT2D eigenvalue weighted by Crippen LogP contribution is 2.37. The molecule has 0 aliphatic carbocycles. The number of hydrogen-bond donors (Lipinski definition) is 1. The third-order valence-electron chi connectivity index (χ3n) is 5.63. The van der Waals surface area contributed by atoms with E-state index in [0.717, 1.165) is 33.6 Å². The van der Waals surface area contributed by atoms with Gasteiger partial charge in [-0.2, -0.15) is 0 Å². The van der Waals surface area contributed by atoms with Crippen molar-refractivity contribution in [2.24, 2.45) is 0 Å². The van der Waals surface area contributed by atoms with E-state index in [1.807, 2.05) is 18.2 Å². The number of nitrogens with one attached hydrogen (secondary N) is 1. The number of anilines is 1. The van der Waals surface area contributed by atoms with Crippen LogP contribution in [0.2, 0.25) is 0 Å². The van der Waals surface area contributed by atoms with Crippen LogP contribution in [0, 0.1) is 0 Å². The van der Waals surface area contributed by atoms with Gasteiger partial charge in [-0.3, -0.25) is 0 Å². The van der Waals surface area contributed by atoms with E-state index >= 15 is 0 Å². The highest BCUT2D eigenvalue weighted by Gasteiger charge is 2.24. The Labute approximate surface area is 206 Å². The monoisotopic (exact) mass is 497 g/mol. The Morgan fingerprint density at radius 1 is 1.06 bits per heavy atom. The number of ether oxygens (including phenoxy) is 2. The number of nitrogens with zero attached hydrogens (tertiary/aromatic N) is 2. The van der Waals surface area contributed by atoms with Gasteiger partial charge in [0.05, 0.1) is 36.5 Å². The summed E-state index contributed by atoms with van der Waals surface area (Å²) in [6.07, 6.45) is 0. The van der Waals surface area contributed by atoms with Crippen molar-refractivity contribution in [1.29, 1.82) is 0 Å². The fraction of sp³-hybridized carbons (Fsp3) is 0.280. The summed E-state index contributed by atoms with van der Waals surface area (Å²) < 4.78 is 12.4. The van der Waals surface area contributed by atoms with Gasteiger partial charge in [-0.15, -0.1) is 22.7 Å². The first kappa shape index (κ1) is 24.0. The molecule has 0 bridgehead atoms. The summed E-state index contributed by atoms with van der Waals surface area (Å²) in [4.78, 5) is 28.7. The molecule has 0 aliphatic rings. The van der Waals surface area contributed by atoms with Crippen LogP contribution in [-0.2, 0) is 22.6 Å². The Balaban J connectivity index is 1.73. The fourth-order valence-corrected chi connectivity index (χ4v) is 5.63. The van der Waals surface area contributed by atoms with Gasteiger partial charge in [0, 0.05) is 36.7 Å². The Kier molecular flexibility index (Phi) is 7.66. The molecule has 1 N–H and O–H groups in total. The second kappa shape index (κ2) is 10.9. The van der Waals surface area contributed by atoms with Gasteiger partial charge in [0.1, 0.15) is 4.88 Å². The summed E-state index contributed by atoms with van der Waals surface area (Å²) in [6, 6.07) is 13.9. The molecule has 4 rings (SSSR count). The van der Waals surface area contributed by atoms with Crippen LogP contribution >= 0.6 is 22.7 Å². The molecule has 178 valence electrons. The van der Waals surface area contributed by atoms with Gasteiger partial charge in [0.15, 0.2) is 0 Å². The van der Waals surface area contributed by atoms with Crippen LogP contribution in [0.1, 0.15) is 22.2 Å². The average Bonchev–Trinajstić information content (AvgIpc) is 3.60. The lowest BCUT2D eigenvalue weighted by Gasteiger charge is -2.23. The van der Waals surface area contributed by atoms with Crippen LogP contribution in [-0.4, -0.2) is 48.8 Å². The minimum atomic E-state index is -0.472. The Bertz CT molecular complexity index is 1280. The van der Waals surface area contributed by atoms with Crippen LogP contribution in [0.3, 0.4) is 0 Å². The number of fused-ring (bicyclic) bond motifs is 1. The molecule has 0 saturated heterocycles. The van der Waals surface area contributed by atoms with E-state index in [1.165, 1.54) is 18.4 Å². The second-order valence-corrected chi connectivity index (χ2v) is 9.43. The molecule has 7 nitrogen and oxygen atoms in total. The van der Waals surface area contributed by atoms with Crippen molar-refractivity contribution in [3.8, 4) is 10.6 Å². The molecule has 34 heavy (non-hydrogen) atoms. The predicted molar refractivity (Wildman–Crippen MR) is 138 cm³/mol. The number of urea groups is 1. The van der Waals surface area contributed by atoms with E-state index in [1.54, 1.807) is 34.8 Å². The molecular weight excluding hydrogens is 470 g/mol. The molecular formula is C25H27N3O4S2. The van der Waals surface area contributed by atoms with Gasteiger partial charge < -0.3 is 24.3 Å². The maximum atomic E-state index is 13.4. The zero-order valence-electron chi connectivity index (χ0n) is 19.4. The van der Waals surface area contributed by atoms with E-state index in [0.29, 0.717) is 30.3 Å². The van der Waals surface area contributed by atoms with Crippen molar-refractivity contribution in [1.82, 2.24) is 9.47 Å². The second-order valence-electron chi connectivity index (χ2n) is 7.57. The number of thiophene rings is 2. The number of hydrogen-bond acceptors (Lipinski definition) is 6. The van der Waals surface area contributed by atoms with E-state index in [9.17, 15) is 9.59 Å². The van der Waals surface area contributed by atoms with Gasteiger partial charge >= 0.3 is 12.0 Å². The van der Waals surface area contributed by atoms with Crippen molar-refractivity contribution < 1.29 is 19.1 Å². The molecule has 0 atom stereocenters. The smallest absolute Gasteiger partial charge is 0.350 e. The number of aryl methyl sites for hydroxylation is 1. The lowest BCUT2D eigenvalue weighted by molar-refractivity contribution is 0.0607. The largest absolute Gasteiger partial charge is 0.465 e. The molecule has 0 radical (unpaired) electrons. The molecule has 2 amide bonds. The highest BCUT2D eigenvalue weighted by atomic mass is 32.1. The first-order valence-corrected chi connectivity index (χ1v) is 12.7. The van der Waals surface area contributed by atoms with Crippen LogP contribution in [0.5, 0.6) is 0 Å². The quantitative estimate of drug-likeness (QED) is 0.292. The molecule has 3 heterocycles. The first-order chi connectivity index (χ1) is 16.6. The topological polar surface area (TPSA) is 72.8 Å². The molecule has 9 heteroatoms. The van der Waals surface area contributed by atoms with Crippen LogP contribution in [0.25, 0.3) is 21.5 Å². The average molecular weight is 498 g/mol. The molecule has 4 aromatic rings. The third-order valence-corrected chi connectivity index (χ3v) is 7.40. The summed E-state index contributed by atoms with van der Waals surface area (Å²) in [5, 5.41) is 7.84. The summed E-state index contributed by atoms with van der Waals surface area (Å²) in [6.45, 7) is 4.13. The molecule has 0 aliphatic heterocycles.